The number of benzene rings is 1. The molecule has 1 heterocycles. The van der Waals surface area contributed by atoms with Crippen LogP contribution in [0.15, 0.2) is 29.6 Å². The summed E-state index contributed by atoms with van der Waals surface area (Å²) >= 11 is 7.32. The lowest BCUT2D eigenvalue weighted by molar-refractivity contribution is 1.39. The Bertz CT molecular complexity index is 422. The largest absolute Gasteiger partial charge is 0.224 e. The van der Waals surface area contributed by atoms with E-state index in [9.17, 15) is 0 Å². The van der Waals surface area contributed by atoms with E-state index in [4.69, 9.17) is 11.6 Å². The van der Waals surface area contributed by atoms with E-state index in [2.05, 4.69) is 24.0 Å². The molecule has 0 N–H and O–H groups in total. The Morgan fingerprint density at radius 1 is 1.38 bits per heavy atom. The van der Waals surface area contributed by atoms with Crippen molar-refractivity contribution in [3.05, 3.63) is 40.4 Å². The number of hydrogen-bond donors (Lipinski definition) is 0. The first-order valence-electron chi connectivity index (χ1n) is 3.94. The van der Waals surface area contributed by atoms with Crippen LogP contribution < -0.4 is 0 Å². The van der Waals surface area contributed by atoms with Gasteiger partial charge in [0.05, 0.1) is 0 Å². The highest BCUT2D eigenvalue weighted by molar-refractivity contribution is 7.13. The van der Waals surface area contributed by atoms with Crippen LogP contribution in [0.4, 0.5) is 0 Å². The molecule has 2 rings (SSSR count). The zero-order chi connectivity index (χ0) is 9.26. The highest BCUT2D eigenvalue weighted by Crippen LogP contribution is 2.25. The summed E-state index contributed by atoms with van der Waals surface area (Å²) in [4.78, 5) is 4.21. The molecule has 0 saturated carbocycles. The van der Waals surface area contributed by atoms with E-state index in [1.807, 2.05) is 17.5 Å². The number of nitrogens with zero attached hydrogens (tertiary/aromatic N) is 1. The van der Waals surface area contributed by atoms with Gasteiger partial charge < -0.3 is 0 Å². The molecule has 0 spiro atoms. The fraction of sp³-hybridized carbons (Fsp3) is 0.100. The second kappa shape index (κ2) is 3.48. The average molecular weight is 210 g/mol. The van der Waals surface area contributed by atoms with Gasteiger partial charge in [-0.15, -0.1) is 11.3 Å². The first-order chi connectivity index (χ1) is 6.25. The lowest BCUT2D eigenvalue weighted by Crippen LogP contribution is -1.77. The molecular weight excluding hydrogens is 202 g/mol. The third-order valence-electron chi connectivity index (χ3n) is 1.74. The summed E-state index contributed by atoms with van der Waals surface area (Å²) in [5.41, 5.74) is 2.38. The van der Waals surface area contributed by atoms with Crippen LogP contribution in [-0.4, -0.2) is 4.98 Å². The van der Waals surface area contributed by atoms with Crippen molar-refractivity contribution in [2.45, 2.75) is 6.92 Å². The van der Waals surface area contributed by atoms with Crippen LogP contribution in [-0.2, 0) is 0 Å². The van der Waals surface area contributed by atoms with Gasteiger partial charge in [-0.05, 0) is 13.0 Å². The first-order valence-corrected chi connectivity index (χ1v) is 5.19. The number of halogens is 1. The van der Waals surface area contributed by atoms with Crippen molar-refractivity contribution in [1.29, 1.82) is 0 Å². The van der Waals surface area contributed by atoms with Crippen LogP contribution >= 0.6 is 22.9 Å². The molecule has 0 aliphatic rings. The Balaban J connectivity index is 2.46. The van der Waals surface area contributed by atoms with Crippen LogP contribution in [0.5, 0.6) is 0 Å². The first kappa shape index (κ1) is 8.73. The number of aryl methyl sites for hydroxylation is 1. The molecular formula is C10H8ClNS. The molecule has 0 fully saturated rings. The quantitative estimate of drug-likeness (QED) is 0.697. The maximum atomic E-state index is 5.75. The molecule has 1 aromatic carbocycles. The molecule has 0 unspecified atom stereocenters. The van der Waals surface area contributed by atoms with E-state index in [1.54, 1.807) is 11.3 Å². The normalized spacial score (nSPS) is 10.3. The Morgan fingerprint density at radius 3 is 2.85 bits per heavy atom. The third-order valence-corrected chi connectivity index (χ3v) is 2.96. The predicted octanol–water partition coefficient (Wildman–Crippen LogP) is 3.77. The van der Waals surface area contributed by atoms with Gasteiger partial charge in [0, 0.05) is 10.9 Å². The van der Waals surface area contributed by atoms with Crippen LogP contribution in [0.25, 0.3) is 10.6 Å². The minimum atomic E-state index is 0.571. The van der Waals surface area contributed by atoms with Crippen molar-refractivity contribution in [3.63, 3.8) is 0 Å². The molecule has 2 aromatic rings. The highest BCUT2D eigenvalue weighted by Gasteiger charge is 2.02. The van der Waals surface area contributed by atoms with Crippen molar-refractivity contribution in [1.82, 2.24) is 4.98 Å². The zero-order valence-electron chi connectivity index (χ0n) is 7.12. The summed E-state index contributed by atoms with van der Waals surface area (Å²) in [6, 6.07) is 8.25. The van der Waals surface area contributed by atoms with Gasteiger partial charge in [-0.3, -0.25) is 0 Å². The predicted molar refractivity (Wildman–Crippen MR) is 57.3 cm³/mol. The molecule has 0 atom stereocenters. The second-order valence-electron chi connectivity index (χ2n) is 2.84. The van der Waals surface area contributed by atoms with Crippen molar-refractivity contribution in [2.24, 2.45) is 0 Å². The van der Waals surface area contributed by atoms with Gasteiger partial charge in [0.1, 0.15) is 10.2 Å². The molecule has 3 heteroatoms. The van der Waals surface area contributed by atoms with Crippen molar-refractivity contribution < 1.29 is 0 Å². The minimum absolute atomic E-state index is 0.571. The molecule has 0 saturated heterocycles. The number of hydrogen-bond acceptors (Lipinski definition) is 2. The molecule has 0 amide bonds. The number of aromatic nitrogens is 1. The van der Waals surface area contributed by atoms with Crippen molar-refractivity contribution in [2.75, 3.05) is 0 Å². The standard InChI is InChI=1S/C10H8ClNS/c1-7-3-2-4-8(5-7)10-12-9(11)6-13-10/h2-6H,1H3. The Morgan fingerprint density at radius 2 is 2.23 bits per heavy atom. The molecule has 0 radical (unpaired) electrons. The van der Waals surface area contributed by atoms with Crippen LogP contribution in [0.3, 0.4) is 0 Å². The van der Waals surface area contributed by atoms with Crippen LogP contribution in [0, 0.1) is 6.92 Å². The van der Waals surface area contributed by atoms with E-state index in [0.29, 0.717) is 5.15 Å². The minimum Gasteiger partial charge on any atom is -0.224 e. The smallest absolute Gasteiger partial charge is 0.140 e. The van der Waals surface area contributed by atoms with E-state index >= 15 is 0 Å². The van der Waals surface area contributed by atoms with Gasteiger partial charge in [-0.2, -0.15) is 0 Å². The monoisotopic (exact) mass is 209 g/mol. The maximum absolute atomic E-state index is 5.75. The lowest BCUT2D eigenvalue weighted by atomic mass is 10.1. The number of rotatable bonds is 1. The fourth-order valence-electron chi connectivity index (χ4n) is 1.16. The molecule has 0 bridgehead atoms. The maximum Gasteiger partial charge on any atom is 0.140 e. The van der Waals surface area contributed by atoms with Gasteiger partial charge in [-0.1, -0.05) is 35.4 Å². The molecule has 1 aromatic heterocycles. The zero-order valence-corrected chi connectivity index (χ0v) is 8.69. The Hall–Kier alpha value is -0.860. The van der Waals surface area contributed by atoms with E-state index in [1.165, 1.54) is 5.56 Å². The fourth-order valence-corrected chi connectivity index (χ4v) is 2.11. The van der Waals surface area contributed by atoms with Gasteiger partial charge >= 0.3 is 0 Å². The average Bonchev–Trinajstić information content (AvgIpc) is 2.52. The van der Waals surface area contributed by atoms with Gasteiger partial charge in [-0.25, -0.2) is 4.98 Å². The summed E-state index contributed by atoms with van der Waals surface area (Å²) < 4.78 is 0. The lowest BCUT2D eigenvalue weighted by Gasteiger charge is -1.96. The summed E-state index contributed by atoms with van der Waals surface area (Å²) in [5.74, 6) is 0. The van der Waals surface area contributed by atoms with Gasteiger partial charge in [0.2, 0.25) is 0 Å². The van der Waals surface area contributed by atoms with Gasteiger partial charge in [0.25, 0.3) is 0 Å². The molecule has 13 heavy (non-hydrogen) atoms. The highest BCUT2D eigenvalue weighted by atomic mass is 35.5. The van der Waals surface area contributed by atoms with Crippen LogP contribution in [0.2, 0.25) is 5.15 Å². The second-order valence-corrected chi connectivity index (χ2v) is 4.09. The summed E-state index contributed by atoms with van der Waals surface area (Å²) in [6.45, 7) is 2.07. The van der Waals surface area contributed by atoms with Crippen LogP contribution in [0.1, 0.15) is 5.56 Å². The number of thiazole rings is 1. The summed E-state index contributed by atoms with van der Waals surface area (Å²) in [7, 11) is 0. The SMILES string of the molecule is Cc1cccc(-c2nc(Cl)cs2)c1. The van der Waals surface area contributed by atoms with E-state index < -0.39 is 0 Å². The molecule has 0 aliphatic heterocycles. The third kappa shape index (κ3) is 1.90. The molecule has 1 nitrogen and oxygen atoms in total. The van der Waals surface area contributed by atoms with Crippen molar-refractivity contribution in [3.8, 4) is 10.6 Å². The van der Waals surface area contributed by atoms with E-state index in [-0.39, 0.29) is 0 Å². The summed E-state index contributed by atoms with van der Waals surface area (Å²) in [5, 5.41) is 3.40. The van der Waals surface area contributed by atoms with Gasteiger partial charge in [0.15, 0.2) is 0 Å². The van der Waals surface area contributed by atoms with E-state index in [0.717, 1.165) is 10.6 Å². The Kier molecular flexibility index (Phi) is 2.34. The topological polar surface area (TPSA) is 12.9 Å². The molecule has 66 valence electrons. The Labute approximate surface area is 86.0 Å². The molecule has 0 aliphatic carbocycles. The van der Waals surface area contributed by atoms with Crippen molar-refractivity contribution >= 4 is 22.9 Å². The summed E-state index contributed by atoms with van der Waals surface area (Å²) in [6.07, 6.45) is 0.